The number of nitrogens with two attached hydrogens (primary N) is 1. The number of benzene rings is 1. The van der Waals surface area contributed by atoms with Crippen molar-refractivity contribution in [3.63, 3.8) is 0 Å². The SMILES string of the molecule is Nc1ncc(-c2ccc(C3CC3)cc2)s1. The number of aromatic nitrogens is 1. The van der Waals surface area contributed by atoms with Crippen molar-refractivity contribution < 1.29 is 0 Å². The van der Waals surface area contributed by atoms with E-state index >= 15 is 0 Å². The number of anilines is 1. The number of rotatable bonds is 2. The third-order valence-corrected chi connectivity index (χ3v) is 3.64. The Kier molecular flexibility index (Phi) is 1.99. The lowest BCUT2D eigenvalue weighted by Crippen LogP contribution is -1.78. The smallest absolute Gasteiger partial charge is 0.180 e. The molecule has 0 radical (unpaired) electrons. The molecule has 0 unspecified atom stereocenters. The summed E-state index contributed by atoms with van der Waals surface area (Å²) >= 11 is 1.54. The summed E-state index contributed by atoms with van der Waals surface area (Å²) in [4.78, 5) is 5.21. The van der Waals surface area contributed by atoms with E-state index in [1.54, 1.807) is 0 Å². The van der Waals surface area contributed by atoms with Gasteiger partial charge in [-0.15, -0.1) is 0 Å². The lowest BCUT2D eigenvalue weighted by Gasteiger charge is -1.99. The fourth-order valence-corrected chi connectivity index (χ4v) is 2.45. The maximum absolute atomic E-state index is 5.61. The van der Waals surface area contributed by atoms with Gasteiger partial charge in [-0.1, -0.05) is 35.6 Å². The van der Waals surface area contributed by atoms with Crippen molar-refractivity contribution >= 4 is 16.5 Å². The van der Waals surface area contributed by atoms with Gasteiger partial charge < -0.3 is 5.73 Å². The van der Waals surface area contributed by atoms with Crippen molar-refractivity contribution in [2.45, 2.75) is 18.8 Å². The Bertz CT molecular complexity index is 469. The van der Waals surface area contributed by atoms with E-state index in [0.717, 1.165) is 10.8 Å². The van der Waals surface area contributed by atoms with Crippen LogP contribution in [0.5, 0.6) is 0 Å². The van der Waals surface area contributed by atoms with Gasteiger partial charge in [0.25, 0.3) is 0 Å². The Balaban J connectivity index is 1.92. The Labute approximate surface area is 92.8 Å². The van der Waals surface area contributed by atoms with Crippen molar-refractivity contribution in [1.29, 1.82) is 0 Å². The highest BCUT2D eigenvalue weighted by Crippen LogP contribution is 2.40. The van der Waals surface area contributed by atoms with E-state index in [0.29, 0.717) is 5.13 Å². The number of nitrogens with zero attached hydrogens (tertiary/aromatic N) is 1. The summed E-state index contributed by atoms with van der Waals surface area (Å²) in [5.41, 5.74) is 8.30. The molecule has 1 aliphatic carbocycles. The van der Waals surface area contributed by atoms with Gasteiger partial charge in [0.2, 0.25) is 0 Å². The van der Waals surface area contributed by atoms with Crippen molar-refractivity contribution in [2.24, 2.45) is 0 Å². The molecular formula is C12H12N2S. The first-order valence-electron chi connectivity index (χ1n) is 5.14. The molecule has 1 aromatic heterocycles. The van der Waals surface area contributed by atoms with Crippen molar-refractivity contribution in [2.75, 3.05) is 5.73 Å². The molecule has 76 valence electrons. The average Bonchev–Trinajstić information content (AvgIpc) is 3.02. The standard InChI is InChI=1S/C12H12N2S/c13-12-14-7-11(15-12)10-5-3-9(4-6-10)8-1-2-8/h3-8H,1-2H2,(H2,13,14). The zero-order chi connectivity index (χ0) is 10.3. The Hall–Kier alpha value is -1.35. The summed E-state index contributed by atoms with van der Waals surface area (Å²) in [5, 5.41) is 0.635. The first-order valence-corrected chi connectivity index (χ1v) is 5.96. The van der Waals surface area contributed by atoms with Crippen LogP contribution >= 0.6 is 11.3 Å². The van der Waals surface area contributed by atoms with Crippen LogP contribution in [-0.4, -0.2) is 4.98 Å². The third kappa shape index (κ3) is 1.75. The first kappa shape index (κ1) is 8.92. The Morgan fingerprint density at radius 2 is 1.93 bits per heavy atom. The molecule has 0 spiro atoms. The van der Waals surface area contributed by atoms with Gasteiger partial charge in [0, 0.05) is 6.20 Å². The van der Waals surface area contributed by atoms with E-state index < -0.39 is 0 Å². The van der Waals surface area contributed by atoms with Crippen LogP contribution in [-0.2, 0) is 0 Å². The number of hydrogen-bond donors (Lipinski definition) is 1. The quantitative estimate of drug-likeness (QED) is 0.836. The van der Waals surface area contributed by atoms with Gasteiger partial charge in [-0.3, -0.25) is 0 Å². The number of thiazole rings is 1. The predicted molar refractivity (Wildman–Crippen MR) is 63.9 cm³/mol. The minimum absolute atomic E-state index is 0.635. The van der Waals surface area contributed by atoms with E-state index in [4.69, 9.17) is 5.73 Å². The van der Waals surface area contributed by atoms with Gasteiger partial charge in [0.15, 0.2) is 5.13 Å². The number of hydrogen-bond acceptors (Lipinski definition) is 3. The normalized spacial score (nSPS) is 15.5. The molecule has 15 heavy (non-hydrogen) atoms. The van der Waals surface area contributed by atoms with Crippen molar-refractivity contribution in [1.82, 2.24) is 4.98 Å². The molecule has 1 aromatic carbocycles. The summed E-state index contributed by atoms with van der Waals surface area (Å²) in [6, 6.07) is 8.78. The van der Waals surface area contributed by atoms with Crippen LogP contribution in [0.1, 0.15) is 24.3 Å². The monoisotopic (exact) mass is 216 g/mol. The van der Waals surface area contributed by atoms with Crippen LogP contribution in [0.4, 0.5) is 5.13 Å². The average molecular weight is 216 g/mol. The van der Waals surface area contributed by atoms with Gasteiger partial charge in [0.1, 0.15) is 0 Å². The minimum atomic E-state index is 0.635. The fourth-order valence-electron chi connectivity index (χ4n) is 1.76. The highest BCUT2D eigenvalue weighted by Gasteiger charge is 2.22. The molecular weight excluding hydrogens is 204 g/mol. The van der Waals surface area contributed by atoms with E-state index in [2.05, 4.69) is 29.2 Å². The van der Waals surface area contributed by atoms with Crippen LogP contribution in [0.25, 0.3) is 10.4 Å². The lowest BCUT2D eigenvalue weighted by atomic mass is 10.1. The van der Waals surface area contributed by atoms with E-state index in [1.807, 2.05) is 6.20 Å². The molecule has 2 aromatic rings. The van der Waals surface area contributed by atoms with Crippen molar-refractivity contribution in [3.05, 3.63) is 36.0 Å². The largest absolute Gasteiger partial charge is 0.375 e. The second kappa shape index (κ2) is 3.35. The Morgan fingerprint density at radius 3 is 2.47 bits per heavy atom. The molecule has 3 rings (SSSR count). The molecule has 0 aliphatic heterocycles. The first-order chi connectivity index (χ1) is 7.33. The van der Waals surface area contributed by atoms with E-state index in [-0.39, 0.29) is 0 Å². The summed E-state index contributed by atoms with van der Waals surface area (Å²) < 4.78 is 0. The molecule has 1 fully saturated rings. The van der Waals surface area contributed by atoms with Gasteiger partial charge >= 0.3 is 0 Å². The predicted octanol–water partition coefficient (Wildman–Crippen LogP) is 3.27. The van der Waals surface area contributed by atoms with Crippen LogP contribution in [0.3, 0.4) is 0 Å². The van der Waals surface area contributed by atoms with Gasteiger partial charge in [-0.25, -0.2) is 4.98 Å². The molecule has 1 saturated carbocycles. The van der Waals surface area contributed by atoms with Gasteiger partial charge in [0.05, 0.1) is 4.88 Å². The molecule has 0 bridgehead atoms. The topological polar surface area (TPSA) is 38.9 Å². The molecule has 0 amide bonds. The fraction of sp³-hybridized carbons (Fsp3) is 0.250. The van der Waals surface area contributed by atoms with Crippen LogP contribution in [0, 0.1) is 0 Å². The zero-order valence-corrected chi connectivity index (χ0v) is 9.13. The molecule has 2 nitrogen and oxygen atoms in total. The molecule has 3 heteroatoms. The summed E-state index contributed by atoms with van der Waals surface area (Å²) in [6.07, 6.45) is 4.55. The lowest BCUT2D eigenvalue weighted by molar-refractivity contribution is 1.13. The summed E-state index contributed by atoms with van der Waals surface area (Å²) in [7, 11) is 0. The molecule has 1 aliphatic rings. The maximum atomic E-state index is 5.61. The molecule has 0 saturated heterocycles. The van der Waals surface area contributed by atoms with Crippen molar-refractivity contribution in [3.8, 4) is 10.4 Å². The third-order valence-electron chi connectivity index (χ3n) is 2.77. The maximum Gasteiger partial charge on any atom is 0.180 e. The second-order valence-corrected chi connectivity index (χ2v) is 5.02. The summed E-state index contributed by atoms with van der Waals surface area (Å²) in [6.45, 7) is 0. The zero-order valence-electron chi connectivity index (χ0n) is 8.31. The highest BCUT2D eigenvalue weighted by molar-refractivity contribution is 7.18. The molecule has 2 N–H and O–H groups in total. The van der Waals surface area contributed by atoms with Gasteiger partial charge in [-0.2, -0.15) is 0 Å². The second-order valence-electron chi connectivity index (χ2n) is 3.96. The molecule has 1 heterocycles. The highest BCUT2D eigenvalue weighted by atomic mass is 32.1. The van der Waals surface area contributed by atoms with Gasteiger partial charge in [-0.05, 0) is 29.9 Å². The van der Waals surface area contributed by atoms with E-state index in [1.165, 1.54) is 35.3 Å². The summed E-state index contributed by atoms with van der Waals surface area (Å²) in [5.74, 6) is 0.825. The van der Waals surface area contributed by atoms with E-state index in [9.17, 15) is 0 Å². The molecule has 0 atom stereocenters. The van der Waals surface area contributed by atoms with Crippen LogP contribution in [0.2, 0.25) is 0 Å². The van der Waals surface area contributed by atoms with Crippen LogP contribution < -0.4 is 5.73 Å². The Morgan fingerprint density at radius 1 is 1.20 bits per heavy atom. The minimum Gasteiger partial charge on any atom is -0.375 e. The van der Waals surface area contributed by atoms with Crippen LogP contribution in [0.15, 0.2) is 30.5 Å². The number of nitrogen functional groups attached to an aromatic ring is 1.